The Morgan fingerprint density at radius 3 is 2.79 bits per heavy atom. The molecule has 1 fully saturated rings. The zero-order valence-corrected chi connectivity index (χ0v) is 10.5. The van der Waals surface area contributed by atoms with E-state index in [2.05, 4.69) is 5.10 Å². The van der Waals surface area contributed by atoms with Crippen molar-refractivity contribution in [3.05, 3.63) is 48.3 Å². The quantitative estimate of drug-likeness (QED) is 0.827. The van der Waals surface area contributed by atoms with Gasteiger partial charge in [0.2, 0.25) is 0 Å². The Labute approximate surface area is 111 Å². The van der Waals surface area contributed by atoms with Crippen LogP contribution in [-0.2, 0) is 4.84 Å². The Hall–Kier alpha value is -2.14. The lowest BCUT2D eigenvalue weighted by atomic mass is 10.2. The van der Waals surface area contributed by atoms with Crippen molar-refractivity contribution in [3.63, 3.8) is 0 Å². The fraction of sp³-hybridized carbons (Fsp3) is 0.286. The molecule has 0 atom stereocenters. The van der Waals surface area contributed by atoms with E-state index in [-0.39, 0.29) is 5.91 Å². The van der Waals surface area contributed by atoms with Crippen molar-refractivity contribution < 1.29 is 9.63 Å². The van der Waals surface area contributed by atoms with Gasteiger partial charge in [-0.25, -0.2) is 9.75 Å². The van der Waals surface area contributed by atoms with Gasteiger partial charge in [-0.3, -0.25) is 9.63 Å². The first kappa shape index (κ1) is 11.9. The molecular weight excluding hydrogens is 242 g/mol. The summed E-state index contributed by atoms with van der Waals surface area (Å²) in [4.78, 5) is 17.5. The molecular formula is C14H15N3O2. The average molecular weight is 257 g/mol. The third kappa shape index (κ3) is 2.51. The molecule has 0 saturated carbocycles. The van der Waals surface area contributed by atoms with Crippen molar-refractivity contribution in [3.8, 4) is 5.69 Å². The lowest BCUT2D eigenvalue weighted by Gasteiger charge is -2.25. The molecule has 0 radical (unpaired) electrons. The van der Waals surface area contributed by atoms with Gasteiger partial charge in [0.25, 0.3) is 5.91 Å². The van der Waals surface area contributed by atoms with E-state index in [4.69, 9.17) is 4.84 Å². The summed E-state index contributed by atoms with van der Waals surface area (Å²) >= 11 is 0. The summed E-state index contributed by atoms with van der Waals surface area (Å²) in [6.07, 6.45) is 5.30. The highest BCUT2D eigenvalue weighted by atomic mass is 16.7. The van der Waals surface area contributed by atoms with E-state index in [1.807, 2.05) is 30.3 Å². The van der Waals surface area contributed by atoms with Crippen LogP contribution in [0.2, 0.25) is 0 Å². The van der Waals surface area contributed by atoms with E-state index in [1.165, 1.54) is 5.06 Å². The van der Waals surface area contributed by atoms with Crippen molar-refractivity contribution in [2.75, 3.05) is 13.2 Å². The lowest BCUT2D eigenvalue weighted by Crippen LogP contribution is -2.35. The number of benzene rings is 1. The van der Waals surface area contributed by atoms with Gasteiger partial charge in [-0.1, -0.05) is 18.2 Å². The van der Waals surface area contributed by atoms with Crippen LogP contribution in [0.15, 0.2) is 42.7 Å². The molecule has 1 aromatic heterocycles. The number of hydroxylamine groups is 2. The van der Waals surface area contributed by atoms with Gasteiger partial charge >= 0.3 is 0 Å². The molecule has 2 heterocycles. The summed E-state index contributed by atoms with van der Waals surface area (Å²) in [6, 6.07) is 9.70. The molecule has 0 N–H and O–H groups in total. The molecule has 0 bridgehead atoms. The molecule has 1 saturated heterocycles. The van der Waals surface area contributed by atoms with Crippen molar-refractivity contribution in [2.45, 2.75) is 12.8 Å². The maximum absolute atomic E-state index is 12.2. The second-order valence-corrected chi connectivity index (χ2v) is 4.46. The molecule has 1 aliphatic heterocycles. The summed E-state index contributed by atoms with van der Waals surface area (Å²) in [5.74, 6) is -0.123. The van der Waals surface area contributed by atoms with E-state index in [1.54, 1.807) is 17.1 Å². The number of hydrogen-bond acceptors (Lipinski definition) is 3. The second-order valence-electron chi connectivity index (χ2n) is 4.46. The molecule has 1 aliphatic rings. The molecule has 0 spiro atoms. The van der Waals surface area contributed by atoms with Crippen LogP contribution in [0.1, 0.15) is 23.2 Å². The van der Waals surface area contributed by atoms with E-state index < -0.39 is 0 Å². The average Bonchev–Trinajstić information content (AvgIpc) is 2.98. The zero-order valence-electron chi connectivity index (χ0n) is 10.5. The van der Waals surface area contributed by atoms with Crippen LogP contribution in [0.4, 0.5) is 0 Å². The summed E-state index contributed by atoms with van der Waals surface area (Å²) in [7, 11) is 0. The Morgan fingerprint density at radius 1 is 1.21 bits per heavy atom. The van der Waals surface area contributed by atoms with E-state index in [0.29, 0.717) is 18.7 Å². The molecule has 0 unspecified atom stereocenters. The topological polar surface area (TPSA) is 47.4 Å². The smallest absolute Gasteiger partial charge is 0.271 e. The van der Waals surface area contributed by atoms with Crippen LogP contribution >= 0.6 is 0 Å². The summed E-state index contributed by atoms with van der Waals surface area (Å²) in [5.41, 5.74) is 1.48. The third-order valence-electron chi connectivity index (χ3n) is 3.08. The summed E-state index contributed by atoms with van der Waals surface area (Å²) < 4.78 is 1.69. The highest BCUT2D eigenvalue weighted by Crippen LogP contribution is 2.13. The minimum Gasteiger partial charge on any atom is -0.271 e. The van der Waals surface area contributed by atoms with Gasteiger partial charge in [0.05, 0.1) is 24.1 Å². The Bertz CT molecular complexity index is 559. The first-order valence-electron chi connectivity index (χ1n) is 6.39. The second kappa shape index (κ2) is 5.24. The molecule has 3 rings (SSSR count). The standard InChI is InChI=1S/C14H15N3O2/c18-14(17-8-4-5-9-19-17)12-10-15-16(11-12)13-6-2-1-3-7-13/h1-3,6-7,10-11H,4-5,8-9H2. The largest absolute Gasteiger partial charge is 0.280 e. The molecule has 98 valence electrons. The van der Waals surface area contributed by atoms with Crippen LogP contribution in [0.3, 0.4) is 0 Å². The van der Waals surface area contributed by atoms with E-state index in [9.17, 15) is 4.79 Å². The number of hydrogen-bond donors (Lipinski definition) is 0. The Balaban J connectivity index is 1.79. The first-order chi connectivity index (χ1) is 9.34. The third-order valence-corrected chi connectivity index (χ3v) is 3.08. The predicted octanol–water partition coefficient (Wildman–Crippen LogP) is 2.04. The maximum atomic E-state index is 12.2. The Morgan fingerprint density at radius 2 is 2.05 bits per heavy atom. The van der Waals surface area contributed by atoms with Crippen molar-refractivity contribution >= 4 is 5.91 Å². The Kier molecular flexibility index (Phi) is 3.29. The van der Waals surface area contributed by atoms with Crippen LogP contribution in [0.25, 0.3) is 5.69 Å². The normalized spacial score (nSPS) is 15.5. The molecule has 1 aromatic carbocycles. The lowest BCUT2D eigenvalue weighted by molar-refractivity contribution is -0.144. The van der Waals surface area contributed by atoms with Crippen LogP contribution in [0, 0.1) is 0 Å². The first-order valence-corrected chi connectivity index (χ1v) is 6.39. The van der Waals surface area contributed by atoms with Crippen molar-refractivity contribution in [2.24, 2.45) is 0 Å². The molecule has 0 aliphatic carbocycles. The number of para-hydroxylation sites is 1. The minimum absolute atomic E-state index is 0.123. The number of carbonyl (C=O) groups excluding carboxylic acids is 1. The van der Waals surface area contributed by atoms with Crippen LogP contribution in [-0.4, -0.2) is 33.9 Å². The van der Waals surface area contributed by atoms with Gasteiger partial charge in [0, 0.05) is 12.7 Å². The van der Waals surface area contributed by atoms with Crippen molar-refractivity contribution in [1.29, 1.82) is 0 Å². The van der Waals surface area contributed by atoms with Gasteiger partial charge in [-0.15, -0.1) is 0 Å². The van der Waals surface area contributed by atoms with Gasteiger partial charge in [0.1, 0.15) is 0 Å². The maximum Gasteiger partial charge on any atom is 0.280 e. The molecule has 5 heteroatoms. The number of rotatable bonds is 2. The predicted molar refractivity (Wildman–Crippen MR) is 69.8 cm³/mol. The molecule has 5 nitrogen and oxygen atoms in total. The molecule has 1 amide bonds. The van der Waals surface area contributed by atoms with Gasteiger partial charge in [0.15, 0.2) is 0 Å². The number of aromatic nitrogens is 2. The number of amides is 1. The highest BCUT2D eigenvalue weighted by molar-refractivity contribution is 5.93. The van der Waals surface area contributed by atoms with Crippen LogP contribution in [0.5, 0.6) is 0 Å². The van der Waals surface area contributed by atoms with Crippen LogP contribution < -0.4 is 0 Å². The SMILES string of the molecule is O=C(c1cnn(-c2ccccc2)c1)N1CCCCO1. The fourth-order valence-corrected chi connectivity index (χ4v) is 2.06. The van der Waals surface area contributed by atoms with E-state index >= 15 is 0 Å². The van der Waals surface area contributed by atoms with Gasteiger partial charge in [-0.2, -0.15) is 5.10 Å². The monoisotopic (exact) mass is 257 g/mol. The van der Waals surface area contributed by atoms with Gasteiger partial charge in [-0.05, 0) is 25.0 Å². The van der Waals surface area contributed by atoms with E-state index in [0.717, 1.165) is 18.5 Å². The zero-order chi connectivity index (χ0) is 13.1. The molecule has 19 heavy (non-hydrogen) atoms. The number of carbonyl (C=O) groups is 1. The number of nitrogens with zero attached hydrogens (tertiary/aromatic N) is 3. The highest BCUT2D eigenvalue weighted by Gasteiger charge is 2.20. The fourth-order valence-electron chi connectivity index (χ4n) is 2.06. The van der Waals surface area contributed by atoms with Crippen molar-refractivity contribution in [1.82, 2.24) is 14.8 Å². The summed E-state index contributed by atoms with van der Waals surface area (Å²) in [5, 5.41) is 5.64. The summed E-state index contributed by atoms with van der Waals surface area (Å²) in [6.45, 7) is 1.26. The molecule has 2 aromatic rings. The minimum atomic E-state index is -0.123. The van der Waals surface area contributed by atoms with Gasteiger partial charge < -0.3 is 0 Å².